The molecule has 3 heterocycles. The molecule has 2 aliphatic heterocycles. The van der Waals surface area contributed by atoms with Crippen LogP contribution in [0.25, 0.3) is 0 Å². The molecule has 2 aromatic rings. The summed E-state index contributed by atoms with van der Waals surface area (Å²) in [7, 11) is 2.13. The highest BCUT2D eigenvalue weighted by molar-refractivity contribution is 5.35. The van der Waals surface area contributed by atoms with Gasteiger partial charge in [-0.2, -0.15) is 0 Å². The number of rotatable bonds is 3. The van der Waals surface area contributed by atoms with E-state index in [1.165, 1.54) is 16.7 Å². The lowest BCUT2D eigenvalue weighted by Crippen LogP contribution is -2.45. The summed E-state index contributed by atoms with van der Waals surface area (Å²) in [5.74, 6) is 0.749. The van der Waals surface area contributed by atoms with E-state index in [0.29, 0.717) is 0 Å². The second kappa shape index (κ2) is 8.05. The highest BCUT2D eigenvalue weighted by atomic mass is 16.1. The summed E-state index contributed by atoms with van der Waals surface area (Å²) in [5.41, 5.74) is 5.92. The van der Waals surface area contributed by atoms with Crippen molar-refractivity contribution < 1.29 is 0 Å². The van der Waals surface area contributed by atoms with Gasteiger partial charge >= 0.3 is 0 Å². The smallest absolute Gasteiger partial charge is 0.255 e. The molecule has 0 atom stereocenters. The Kier molecular flexibility index (Phi) is 5.51. The number of likely N-dealkylation sites (N-methyl/N-ethyl adjacent to an activating group) is 1. The molecule has 0 spiro atoms. The first kappa shape index (κ1) is 19.2. The summed E-state index contributed by atoms with van der Waals surface area (Å²) in [6.07, 6.45) is 1.61. The van der Waals surface area contributed by atoms with E-state index in [1.54, 1.807) is 0 Å². The van der Waals surface area contributed by atoms with Crippen LogP contribution in [0.3, 0.4) is 0 Å². The fourth-order valence-corrected chi connectivity index (χ4v) is 4.13. The molecule has 150 valence electrons. The molecule has 1 aromatic carbocycles. The zero-order chi connectivity index (χ0) is 19.7. The Morgan fingerprint density at radius 2 is 1.75 bits per heavy atom. The zero-order valence-electron chi connectivity index (χ0n) is 17.3. The average Bonchev–Trinajstić information content (AvgIpc) is 2.88. The molecule has 0 amide bonds. The number of nitrogens with zero attached hydrogens (tertiary/aromatic N) is 4. The molecule has 1 N–H and O–H groups in total. The Bertz CT molecular complexity index is 898. The van der Waals surface area contributed by atoms with E-state index >= 15 is 0 Å². The van der Waals surface area contributed by atoms with Gasteiger partial charge < -0.3 is 9.80 Å². The van der Waals surface area contributed by atoms with Gasteiger partial charge in [0.2, 0.25) is 5.95 Å². The number of nitrogens with one attached hydrogen (secondary N) is 1. The van der Waals surface area contributed by atoms with Gasteiger partial charge in [0.15, 0.2) is 0 Å². The lowest BCUT2D eigenvalue weighted by molar-refractivity contribution is 0.279. The molecular formula is C22H31N5O. The van der Waals surface area contributed by atoms with E-state index in [9.17, 15) is 4.79 Å². The Morgan fingerprint density at radius 3 is 2.50 bits per heavy atom. The van der Waals surface area contributed by atoms with E-state index in [-0.39, 0.29) is 5.56 Å². The van der Waals surface area contributed by atoms with Crippen molar-refractivity contribution in [1.82, 2.24) is 19.8 Å². The number of hydrogen-bond donors (Lipinski definition) is 1. The van der Waals surface area contributed by atoms with Crippen LogP contribution in [0.4, 0.5) is 5.95 Å². The molecule has 28 heavy (non-hydrogen) atoms. The van der Waals surface area contributed by atoms with Gasteiger partial charge in [0.25, 0.3) is 5.56 Å². The monoisotopic (exact) mass is 381 g/mol. The van der Waals surface area contributed by atoms with Gasteiger partial charge in [-0.3, -0.25) is 14.7 Å². The van der Waals surface area contributed by atoms with Gasteiger partial charge in [0.05, 0.1) is 5.69 Å². The first-order chi connectivity index (χ1) is 13.5. The molecule has 1 fully saturated rings. The minimum Gasteiger partial charge on any atom is -0.340 e. The van der Waals surface area contributed by atoms with Crippen LogP contribution in [0.1, 0.15) is 27.9 Å². The van der Waals surface area contributed by atoms with Crippen molar-refractivity contribution in [3.8, 4) is 0 Å². The lowest BCUT2D eigenvalue weighted by Gasteiger charge is -2.32. The number of aromatic nitrogens is 2. The largest absolute Gasteiger partial charge is 0.340 e. The standard InChI is InChI=1S/C22H31N5O/c1-16-4-5-18(14-17(16)2)15-26-8-6-19-20(7-9-26)23-22(24-21(19)28)27-12-10-25(3)11-13-27/h4-5,14H,6-13,15H2,1-3H3,(H,23,24,28). The van der Waals surface area contributed by atoms with Crippen LogP contribution in [0.2, 0.25) is 0 Å². The quantitative estimate of drug-likeness (QED) is 0.878. The van der Waals surface area contributed by atoms with Gasteiger partial charge in [0.1, 0.15) is 0 Å². The van der Waals surface area contributed by atoms with Crippen molar-refractivity contribution in [2.45, 2.75) is 33.2 Å². The first-order valence-electron chi connectivity index (χ1n) is 10.3. The molecular weight excluding hydrogens is 350 g/mol. The summed E-state index contributed by atoms with van der Waals surface area (Å²) in [6.45, 7) is 10.9. The van der Waals surface area contributed by atoms with Crippen LogP contribution in [-0.4, -0.2) is 66.1 Å². The van der Waals surface area contributed by atoms with Gasteiger partial charge in [-0.1, -0.05) is 18.2 Å². The molecule has 0 bridgehead atoms. The van der Waals surface area contributed by atoms with Crippen molar-refractivity contribution in [2.24, 2.45) is 0 Å². The molecule has 2 aliphatic rings. The molecule has 6 heteroatoms. The molecule has 4 rings (SSSR count). The lowest BCUT2D eigenvalue weighted by atomic mass is 10.1. The predicted octanol–water partition coefficient (Wildman–Crippen LogP) is 1.74. The Labute approximate surface area is 167 Å². The number of H-pyrrole nitrogens is 1. The topological polar surface area (TPSA) is 55.5 Å². The van der Waals surface area contributed by atoms with Crippen LogP contribution in [0, 0.1) is 13.8 Å². The molecule has 6 nitrogen and oxygen atoms in total. The maximum Gasteiger partial charge on any atom is 0.255 e. The number of benzene rings is 1. The fourth-order valence-electron chi connectivity index (χ4n) is 4.13. The number of aryl methyl sites for hydroxylation is 2. The Hall–Kier alpha value is -2.18. The fraction of sp³-hybridized carbons (Fsp3) is 0.545. The van der Waals surface area contributed by atoms with E-state index in [0.717, 1.165) is 75.9 Å². The van der Waals surface area contributed by atoms with Crippen LogP contribution in [-0.2, 0) is 19.4 Å². The molecule has 0 saturated carbocycles. The van der Waals surface area contributed by atoms with E-state index in [2.05, 4.69) is 58.8 Å². The molecule has 0 unspecified atom stereocenters. The average molecular weight is 382 g/mol. The summed E-state index contributed by atoms with van der Waals surface area (Å²) >= 11 is 0. The van der Waals surface area contributed by atoms with Crippen molar-refractivity contribution in [1.29, 1.82) is 0 Å². The van der Waals surface area contributed by atoms with E-state index in [1.807, 2.05) is 0 Å². The van der Waals surface area contributed by atoms with Crippen molar-refractivity contribution in [2.75, 3.05) is 51.2 Å². The Balaban J connectivity index is 1.48. The maximum absolute atomic E-state index is 12.7. The molecule has 1 saturated heterocycles. The van der Waals surface area contributed by atoms with Gasteiger partial charge in [-0.25, -0.2) is 4.98 Å². The number of piperazine rings is 1. The first-order valence-corrected chi connectivity index (χ1v) is 10.3. The summed E-state index contributed by atoms with van der Waals surface area (Å²) < 4.78 is 0. The summed E-state index contributed by atoms with van der Waals surface area (Å²) in [4.78, 5) is 27.6. The third kappa shape index (κ3) is 4.13. The highest BCUT2D eigenvalue weighted by Gasteiger charge is 2.22. The normalized spacial score (nSPS) is 18.8. The summed E-state index contributed by atoms with van der Waals surface area (Å²) in [5, 5.41) is 0. The second-order valence-corrected chi connectivity index (χ2v) is 8.30. The van der Waals surface area contributed by atoms with Crippen LogP contribution < -0.4 is 10.5 Å². The zero-order valence-corrected chi connectivity index (χ0v) is 17.3. The number of aromatic amines is 1. The Morgan fingerprint density at radius 1 is 1.00 bits per heavy atom. The SMILES string of the molecule is Cc1ccc(CN2CCc3nc(N4CCN(C)CC4)[nH]c(=O)c3CC2)cc1C. The summed E-state index contributed by atoms with van der Waals surface area (Å²) in [6, 6.07) is 6.70. The predicted molar refractivity (Wildman–Crippen MR) is 113 cm³/mol. The number of hydrogen-bond acceptors (Lipinski definition) is 5. The number of anilines is 1. The van der Waals surface area contributed by atoms with Gasteiger partial charge in [-0.05, 0) is 44.0 Å². The van der Waals surface area contributed by atoms with Crippen molar-refractivity contribution >= 4 is 5.95 Å². The molecule has 0 aliphatic carbocycles. The van der Waals surface area contributed by atoms with Crippen LogP contribution in [0.5, 0.6) is 0 Å². The van der Waals surface area contributed by atoms with Gasteiger partial charge in [0, 0.05) is 57.8 Å². The maximum atomic E-state index is 12.7. The van der Waals surface area contributed by atoms with Crippen LogP contribution in [0.15, 0.2) is 23.0 Å². The third-order valence-electron chi connectivity index (χ3n) is 6.21. The molecule has 1 aromatic heterocycles. The number of fused-ring (bicyclic) bond motifs is 1. The molecule has 0 radical (unpaired) electrons. The van der Waals surface area contributed by atoms with Gasteiger partial charge in [-0.15, -0.1) is 0 Å². The van der Waals surface area contributed by atoms with E-state index < -0.39 is 0 Å². The highest BCUT2D eigenvalue weighted by Crippen LogP contribution is 2.18. The second-order valence-electron chi connectivity index (χ2n) is 8.30. The van der Waals surface area contributed by atoms with Crippen molar-refractivity contribution in [3.05, 3.63) is 56.5 Å². The minimum atomic E-state index is 0.0481. The van der Waals surface area contributed by atoms with E-state index in [4.69, 9.17) is 4.98 Å². The van der Waals surface area contributed by atoms with Crippen molar-refractivity contribution in [3.63, 3.8) is 0 Å². The van der Waals surface area contributed by atoms with Crippen LogP contribution >= 0.6 is 0 Å². The third-order valence-corrected chi connectivity index (χ3v) is 6.21. The minimum absolute atomic E-state index is 0.0481.